The molecule has 0 aliphatic carbocycles. The summed E-state index contributed by atoms with van der Waals surface area (Å²) in [4.78, 5) is 12.3. The van der Waals surface area contributed by atoms with Gasteiger partial charge in [0.2, 0.25) is 0 Å². The minimum atomic E-state index is -0.0223. The predicted molar refractivity (Wildman–Crippen MR) is 116 cm³/mol. The van der Waals surface area contributed by atoms with Crippen molar-refractivity contribution in [1.29, 1.82) is 0 Å². The molecule has 0 atom stereocenters. The van der Waals surface area contributed by atoms with Crippen molar-refractivity contribution in [3.05, 3.63) is 89.5 Å². The summed E-state index contributed by atoms with van der Waals surface area (Å²) < 4.78 is 5.77. The van der Waals surface area contributed by atoms with Crippen molar-refractivity contribution in [1.82, 2.24) is 0 Å². The van der Waals surface area contributed by atoms with Crippen LogP contribution in [0.2, 0.25) is 0 Å². The van der Waals surface area contributed by atoms with E-state index in [1.165, 1.54) is 5.56 Å². The van der Waals surface area contributed by atoms with Gasteiger partial charge in [0.25, 0.3) is 0 Å². The number of hydrogen-bond acceptors (Lipinski definition) is 4. The van der Waals surface area contributed by atoms with E-state index in [1.807, 2.05) is 48.5 Å². The molecule has 0 spiro atoms. The first-order valence-electron chi connectivity index (χ1n) is 9.17. The minimum Gasteiger partial charge on any atom is -0.457 e. The fraction of sp³-hybridized carbons (Fsp3) is 0.125. The second kappa shape index (κ2) is 8.44. The number of ketones is 1. The summed E-state index contributed by atoms with van der Waals surface area (Å²) >= 11 is 0. The van der Waals surface area contributed by atoms with Gasteiger partial charge in [-0.2, -0.15) is 0 Å². The summed E-state index contributed by atoms with van der Waals surface area (Å²) in [7, 11) is 0. The van der Waals surface area contributed by atoms with E-state index in [9.17, 15) is 4.79 Å². The summed E-state index contributed by atoms with van der Waals surface area (Å²) in [5.74, 6) is 1.67. The van der Waals surface area contributed by atoms with Gasteiger partial charge in [0.15, 0.2) is 5.78 Å². The maximum absolute atomic E-state index is 12.3. The third-order valence-electron chi connectivity index (χ3n) is 4.36. The average molecular weight is 372 g/mol. The van der Waals surface area contributed by atoms with Crippen molar-refractivity contribution < 1.29 is 9.53 Å². The van der Waals surface area contributed by atoms with E-state index in [-0.39, 0.29) is 5.78 Å². The van der Waals surface area contributed by atoms with Crippen LogP contribution in [0.5, 0.6) is 11.5 Å². The molecule has 0 fully saturated rings. The smallest absolute Gasteiger partial charge is 0.185 e. The second-order valence-electron chi connectivity index (χ2n) is 6.98. The highest BCUT2D eigenvalue weighted by Crippen LogP contribution is 2.26. The van der Waals surface area contributed by atoms with E-state index in [0.717, 1.165) is 5.56 Å². The van der Waals surface area contributed by atoms with Crippen molar-refractivity contribution in [2.24, 2.45) is 0 Å². The molecule has 0 saturated heterocycles. The normalized spacial score (nSPS) is 11.1. The molecule has 0 radical (unpaired) electrons. The van der Waals surface area contributed by atoms with Crippen LogP contribution in [0.3, 0.4) is 0 Å². The third kappa shape index (κ3) is 5.01. The first-order valence-corrected chi connectivity index (χ1v) is 9.17. The molecule has 0 aliphatic heterocycles. The largest absolute Gasteiger partial charge is 0.457 e. The lowest BCUT2D eigenvalue weighted by molar-refractivity contribution is 0.104. The average Bonchev–Trinajstić information content (AvgIpc) is 2.66. The molecule has 0 aromatic heterocycles. The zero-order valence-corrected chi connectivity index (χ0v) is 16.1. The monoisotopic (exact) mass is 372 g/mol. The number of carbonyl (C=O) groups excluding carboxylic acids is 1. The van der Waals surface area contributed by atoms with Gasteiger partial charge in [-0.15, -0.1) is 0 Å². The van der Waals surface area contributed by atoms with E-state index < -0.39 is 0 Å². The second-order valence-corrected chi connectivity index (χ2v) is 6.98. The number of rotatable bonds is 6. The molecule has 142 valence electrons. The Morgan fingerprint density at radius 3 is 2.04 bits per heavy atom. The summed E-state index contributed by atoms with van der Waals surface area (Å²) in [5.41, 5.74) is 15.5. The number of hydrogen-bond donors (Lipinski definition) is 2. The van der Waals surface area contributed by atoms with Crippen molar-refractivity contribution in [3.8, 4) is 11.5 Å². The SMILES string of the molecule is CC(C)c1ccc(C(=O)C=Cc2ccc(Oc3cc(N)cc(N)c3)cc2)cc1. The molecule has 0 aliphatic rings. The van der Waals surface area contributed by atoms with Crippen LogP contribution in [-0.4, -0.2) is 5.78 Å². The molecule has 3 aromatic carbocycles. The Morgan fingerprint density at radius 2 is 1.46 bits per heavy atom. The summed E-state index contributed by atoms with van der Waals surface area (Å²) in [6.45, 7) is 4.26. The molecule has 4 heteroatoms. The molecular weight excluding hydrogens is 348 g/mol. The summed E-state index contributed by atoms with van der Waals surface area (Å²) in [6.07, 6.45) is 3.37. The van der Waals surface area contributed by atoms with E-state index >= 15 is 0 Å². The van der Waals surface area contributed by atoms with E-state index in [1.54, 1.807) is 30.4 Å². The van der Waals surface area contributed by atoms with E-state index in [2.05, 4.69) is 13.8 Å². The van der Waals surface area contributed by atoms with Crippen LogP contribution >= 0.6 is 0 Å². The Hall–Kier alpha value is -3.53. The van der Waals surface area contributed by atoms with E-state index in [4.69, 9.17) is 16.2 Å². The molecule has 28 heavy (non-hydrogen) atoms. The molecule has 0 heterocycles. The predicted octanol–water partition coefficient (Wildman–Crippen LogP) is 5.66. The lowest BCUT2D eigenvalue weighted by Crippen LogP contribution is -1.95. The highest BCUT2D eigenvalue weighted by molar-refractivity contribution is 6.06. The fourth-order valence-electron chi connectivity index (χ4n) is 2.79. The highest BCUT2D eigenvalue weighted by Gasteiger charge is 2.04. The molecule has 0 bridgehead atoms. The van der Waals surface area contributed by atoms with Crippen LogP contribution in [0.4, 0.5) is 11.4 Å². The summed E-state index contributed by atoms with van der Waals surface area (Å²) in [5, 5.41) is 0. The number of nitrogens with two attached hydrogens (primary N) is 2. The highest BCUT2D eigenvalue weighted by atomic mass is 16.5. The quantitative estimate of drug-likeness (QED) is 0.332. The van der Waals surface area contributed by atoms with Gasteiger partial charge < -0.3 is 16.2 Å². The molecule has 3 rings (SSSR count). The van der Waals surface area contributed by atoms with Gasteiger partial charge in [0, 0.05) is 29.1 Å². The fourth-order valence-corrected chi connectivity index (χ4v) is 2.79. The maximum atomic E-state index is 12.3. The van der Waals surface area contributed by atoms with Gasteiger partial charge in [-0.05, 0) is 41.3 Å². The molecule has 0 unspecified atom stereocenters. The van der Waals surface area contributed by atoms with Crippen LogP contribution in [0, 0.1) is 0 Å². The molecular formula is C24H24N2O2. The minimum absolute atomic E-state index is 0.0223. The topological polar surface area (TPSA) is 78.3 Å². The Labute approximate surface area is 165 Å². The maximum Gasteiger partial charge on any atom is 0.185 e. The van der Waals surface area contributed by atoms with Gasteiger partial charge in [0.05, 0.1) is 0 Å². The molecule has 0 saturated carbocycles. The van der Waals surface area contributed by atoms with E-state index in [0.29, 0.717) is 34.4 Å². The van der Waals surface area contributed by atoms with Gasteiger partial charge >= 0.3 is 0 Å². The molecule has 3 aromatic rings. The lowest BCUT2D eigenvalue weighted by Gasteiger charge is -2.08. The summed E-state index contributed by atoms with van der Waals surface area (Å²) in [6, 6.07) is 20.3. The van der Waals surface area contributed by atoms with Crippen molar-refractivity contribution in [2.75, 3.05) is 11.5 Å². The van der Waals surface area contributed by atoms with Crippen molar-refractivity contribution >= 4 is 23.2 Å². The standard InChI is InChI=1S/C24H24N2O2/c1-16(2)18-6-8-19(9-7-18)24(27)12-5-17-3-10-22(11-4-17)28-23-14-20(25)13-21(26)15-23/h3-16H,25-26H2,1-2H3. The van der Waals surface area contributed by atoms with Crippen molar-refractivity contribution in [3.63, 3.8) is 0 Å². The Balaban J connectivity index is 1.65. The zero-order valence-electron chi connectivity index (χ0n) is 16.1. The van der Waals surface area contributed by atoms with Gasteiger partial charge in [-0.25, -0.2) is 0 Å². The van der Waals surface area contributed by atoms with Crippen molar-refractivity contribution in [2.45, 2.75) is 19.8 Å². The van der Waals surface area contributed by atoms with Crippen LogP contribution in [0.15, 0.2) is 72.8 Å². The van der Waals surface area contributed by atoms with Crippen LogP contribution in [0.1, 0.15) is 41.3 Å². The molecule has 4 nitrogen and oxygen atoms in total. The number of anilines is 2. The first kappa shape index (κ1) is 19.2. The molecule has 4 N–H and O–H groups in total. The zero-order chi connectivity index (χ0) is 20.1. The lowest BCUT2D eigenvalue weighted by atomic mass is 10.0. The number of benzene rings is 3. The van der Waals surface area contributed by atoms with Gasteiger partial charge in [-0.1, -0.05) is 56.3 Å². The number of nitrogen functional groups attached to an aromatic ring is 2. The van der Waals surface area contributed by atoms with Crippen LogP contribution < -0.4 is 16.2 Å². The number of carbonyl (C=O) groups is 1. The Kier molecular flexibility index (Phi) is 5.80. The van der Waals surface area contributed by atoms with Gasteiger partial charge in [-0.3, -0.25) is 4.79 Å². The van der Waals surface area contributed by atoms with Gasteiger partial charge in [0.1, 0.15) is 11.5 Å². The first-order chi connectivity index (χ1) is 13.4. The Bertz CT molecular complexity index is 968. The Morgan fingerprint density at radius 1 is 0.857 bits per heavy atom. The molecule has 0 amide bonds. The third-order valence-corrected chi connectivity index (χ3v) is 4.36. The number of ether oxygens (including phenoxy) is 1. The van der Waals surface area contributed by atoms with Crippen LogP contribution in [0.25, 0.3) is 6.08 Å². The van der Waals surface area contributed by atoms with Crippen LogP contribution in [-0.2, 0) is 0 Å². The number of allylic oxidation sites excluding steroid dienone is 1.